The van der Waals surface area contributed by atoms with Gasteiger partial charge in [-0.1, -0.05) is 18.2 Å². The molecule has 1 aliphatic rings. The summed E-state index contributed by atoms with van der Waals surface area (Å²) in [6, 6.07) is 12.3. The lowest BCUT2D eigenvalue weighted by Crippen LogP contribution is -2.38. The molecular formula is C22H28N4O3S. The molecule has 160 valence electrons. The van der Waals surface area contributed by atoms with Crippen LogP contribution in [0.5, 0.6) is 11.5 Å². The van der Waals surface area contributed by atoms with Crippen LogP contribution in [-0.4, -0.2) is 72.2 Å². The third kappa shape index (κ3) is 5.26. The zero-order valence-corrected chi connectivity index (χ0v) is 18.4. The van der Waals surface area contributed by atoms with Crippen LogP contribution >= 0.6 is 11.7 Å². The number of aromatic nitrogens is 2. The second kappa shape index (κ2) is 10.2. The summed E-state index contributed by atoms with van der Waals surface area (Å²) in [5.41, 5.74) is 4.25. The van der Waals surface area contributed by atoms with E-state index in [4.69, 9.17) is 14.2 Å². The first kappa shape index (κ1) is 21.0. The molecule has 0 radical (unpaired) electrons. The molecular weight excluding hydrogens is 400 g/mol. The Morgan fingerprint density at radius 1 is 1.10 bits per heavy atom. The molecule has 7 nitrogen and oxygen atoms in total. The fourth-order valence-corrected chi connectivity index (χ4v) is 4.21. The van der Waals surface area contributed by atoms with Gasteiger partial charge in [-0.3, -0.25) is 9.80 Å². The summed E-state index contributed by atoms with van der Waals surface area (Å²) in [5.74, 6) is 1.61. The van der Waals surface area contributed by atoms with E-state index in [-0.39, 0.29) is 0 Å². The minimum Gasteiger partial charge on any atom is -0.493 e. The summed E-state index contributed by atoms with van der Waals surface area (Å²) in [5, 5.41) is 0. The maximum atomic E-state index is 6.21. The summed E-state index contributed by atoms with van der Waals surface area (Å²) < 4.78 is 25.8. The number of nitrogens with zero attached hydrogens (tertiary/aromatic N) is 4. The fourth-order valence-electron chi connectivity index (χ4n) is 3.70. The Balaban J connectivity index is 1.40. The first-order valence-corrected chi connectivity index (χ1v) is 10.9. The lowest BCUT2D eigenvalue weighted by molar-refractivity contribution is 0.0320. The Labute approximate surface area is 181 Å². The van der Waals surface area contributed by atoms with Crippen molar-refractivity contribution in [2.24, 2.45) is 0 Å². The smallest absolute Gasteiger partial charge is 0.165 e. The van der Waals surface area contributed by atoms with Gasteiger partial charge in [0.05, 0.1) is 32.1 Å². The summed E-state index contributed by atoms with van der Waals surface area (Å²) in [6.07, 6.45) is 0. The molecule has 0 spiro atoms. The Bertz CT molecular complexity index is 958. The van der Waals surface area contributed by atoms with E-state index in [2.05, 4.69) is 43.8 Å². The molecule has 0 N–H and O–H groups in total. The Morgan fingerprint density at radius 2 is 1.93 bits per heavy atom. The van der Waals surface area contributed by atoms with Crippen LogP contribution in [0.3, 0.4) is 0 Å². The van der Waals surface area contributed by atoms with Crippen molar-refractivity contribution < 1.29 is 14.2 Å². The third-order valence-electron chi connectivity index (χ3n) is 5.25. The summed E-state index contributed by atoms with van der Waals surface area (Å²) in [7, 11) is 3.80. The standard InChI is InChI=1S/C22H28N4O3S/c1-25(15-17-6-7-19-20(14-17)24-30-23-19)16-18-4-3-5-21(27-2)22(18)29-13-10-26-8-11-28-12-9-26/h3-7,14H,8-13,15-16H2,1-2H3. The number of benzene rings is 2. The van der Waals surface area contributed by atoms with Crippen molar-refractivity contribution >= 4 is 22.8 Å². The van der Waals surface area contributed by atoms with E-state index in [0.717, 1.165) is 74.0 Å². The molecule has 0 aliphatic carbocycles. The van der Waals surface area contributed by atoms with Gasteiger partial charge < -0.3 is 14.2 Å². The topological polar surface area (TPSA) is 60.0 Å². The van der Waals surface area contributed by atoms with Gasteiger partial charge in [0.25, 0.3) is 0 Å². The van der Waals surface area contributed by atoms with E-state index in [1.165, 1.54) is 17.3 Å². The van der Waals surface area contributed by atoms with Crippen LogP contribution < -0.4 is 9.47 Å². The molecule has 2 aromatic carbocycles. The van der Waals surface area contributed by atoms with Crippen LogP contribution in [0, 0.1) is 0 Å². The van der Waals surface area contributed by atoms with Crippen molar-refractivity contribution in [2.45, 2.75) is 13.1 Å². The quantitative estimate of drug-likeness (QED) is 0.519. The molecule has 1 saturated heterocycles. The van der Waals surface area contributed by atoms with Crippen LogP contribution in [0.2, 0.25) is 0 Å². The van der Waals surface area contributed by atoms with E-state index in [0.29, 0.717) is 6.61 Å². The van der Waals surface area contributed by atoms with Gasteiger partial charge in [0.1, 0.15) is 17.6 Å². The van der Waals surface area contributed by atoms with E-state index < -0.39 is 0 Å². The van der Waals surface area contributed by atoms with Gasteiger partial charge in [-0.05, 0) is 30.8 Å². The lowest BCUT2D eigenvalue weighted by Gasteiger charge is -2.27. The van der Waals surface area contributed by atoms with Crippen LogP contribution in [0.1, 0.15) is 11.1 Å². The molecule has 0 unspecified atom stereocenters. The van der Waals surface area contributed by atoms with Crippen molar-refractivity contribution in [2.75, 3.05) is 53.6 Å². The highest BCUT2D eigenvalue weighted by molar-refractivity contribution is 7.00. The first-order chi connectivity index (χ1) is 14.7. The Morgan fingerprint density at radius 3 is 2.77 bits per heavy atom. The molecule has 8 heteroatoms. The number of para-hydroxylation sites is 1. The van der Waals surface area contributed by atoms with Gasteiger partial charge in [0.15, 0.2) is 11.5 Å². The third-order valence-corrected chi connectivity index (χ3v) is 5.81. The Kier molecular flexibility index (Phi) is 7.11. The van der Waals surface area contributed by atoms with Crippen molar-refractivity contribution in [3.8, 4) is 11.5 Å². The predicted octanol–water partition coefficient (Wildman–Crippen LogP) is 3.04. The van der Waals surface area contributed by atoms with Crippen LogP contribution in [0.15, 0.2) is 36.4 Å². The number of hydrogen-bond donors (Lipinski definition) is 0. The fraction of sp³-hybridized carbons (Fsp3) is 0.455. The van der Waals surface area contributed by atoms with Crippen LogP contribution in [0.4, 0.5) is 0 Å². The molecule has 3 aromatic rings. The number of methoxy groups -OCH3 is 1. The predicted molar refractivity (Wildman–Crippen MR) is 118 cm³/mol. The van der Waals surface area contributed by atoms with Gasteiger partial charge in [-0.25, -0.2) is 0 Å². The highest BCUT2D eigenvalue weighted by Gasteiger charge is 2.15. The molecule has 30 heavy (non-hydrogen) atoms. The zero-order valence-electron chi connectivity index (χ0n) is 17.5. The maximum Gasteiger partial charge on any atom is 0.165 e. The van der Waals surface area contributed by atoms with E-state index in [9.17, 15) is 0 Å². The van der Waals surface area contributed by atoms with Gasteiger partial charge in [0, 0.05) is 38.3 Å². The second-order valence-corrected chi connectivity index (χ2v) is 8.04. The minimum atomic E-state index is 0.630. The summed E-state index contributed by atoms with van der Waals surface area (Å²) in [6.45, 7) is 6.62. The normalized spacial score (nSPS) is 15.0. The number of morpholine rings is 1. The molecule has 2 heterocycles. The summed E-state index contributed by atoms with van der Waals surface area (Å²) in [4.78, 5) is 4.64. The second-order valence-electron chi connectivity index (χ2n) is 7.51. The lowest BCUT2D eigenvalue weighted by atomic mass is 10.1. The highest BCUT2D eigenvalue weighted by Crippen LogP contribution is 2.32. The molecule has 0 amide bonds. The van der Waals surface area contributed by atoms with Crippen LogP contribution in [-0.2, 0) is 17.8 Å². The number of rotatable bonds is 9. The molecule has 1 aliphatic heterocycles. The summed E-state index contributed by atoms with van der Waals surface area (Å²) >= 11 is 1.25. The van der Waals surface area contributed by atoms with Crippen molar-refractivity contribution in [1.29, 1.82) is 0 Å². The molecule has 0 atom stereocenters. The number of ether oxygens (including phenoxy) is 3. The molecule has 0 bridgehead atoms. The van der Waals surface area contributed by atoms with Gasteiger partial charge >= 0.3 is 0 Å². The van der Waals surface area contributed by atoms with Crippen LogP contribution in [0.25, 0.3) is 11.0 Å². The van der Waals surface area contributed by atoms with Crippen molar-refractivity contribution in [3.63, 3.8) is 0 Å². The first-order valence-electron chi connectivity index (χ1n) is 10.2. The highest BCUT2D eigenvalue weighted by atomic mass is 32.1. The largest absolute Gasteiger partial charge is 0.493 e. The van der Waals surface area contributed by atoms with Gasteiger partial charge in [-0.15, -0.1) is 0 Å². The van der Waals surface area contributed by atoms with Gasteiger partial charge in [0.2, 0.25) is 0 Å². The van der Waals surface area contributed by atoms with E-state index >= 15 is 0 Å². The number of hydrogen-bond acceptors (Lipinski definition) is 8. The van der Waals surface area contributed by atoms with E-state index in [1.54, 1.807) is 7.11 Å². The van der Waals surface area contributed by atoms with Crippen molar-refractivity contribution in [3.05, 3.63) is 47.5 Å². The minimum absolute atomic E-state index is 0.630. The Hall–Kier alpha value is -2.26. The van der Waals surface area contributed by atoms with Crippen molar-refractivity contribution in [1.82, 2.24) is 18.5 Å². The molecule has 1 aromatic heterocycles. The van der Waals surface area contributed by atoms with Gasteiger partial charge in [-0.2, -0.15) is 8.75 Å². The monoisotopic (exact) mass is 428 g/mol. The number of fused-ring (bicyclic) bond motifs is 1. The molecule has 1 fully saturated rings. The maximum absolute atomic E-state index is 6.21. The van der Waals surface area contributed by atoms with E-state index in [1.807, 2.05) is 18.2 Å². The zero-order chi connectivity index (χ0) is 20.8. The average Bonchev–Trinajstić information content (AvgIpc) is 3.23. The SMILES string of the molecule is COc1cccc(CN(C)Cc2ccc3nsnc3c2)c1OCCN1CCOCC1. The molecule has 0 saturated carbocycles. The average molecular weight is 429 g/mol. The molecule has 4 rings (SSSR count).